The molecule has 12 rings (SSSR count). The summed E-state index contributed by atoms with van der Waals surface area (Å²) in [5.74, 6) is 1.05. The Hall–Kier alpha value is -8.20. The van der Waals surface area contributed by atoms with Crippen molar-refractivity contribution in [3.05, 3.63) is 274 Å². The van der Waals surface area contributed by atoms with Crippen molar-refractivity contribution in [1.29, 1.82) is 0 Å². The lowest BCUT2D eigenvalue weighted by atomic mass is 9.70. The Labute approximate surface area is 656 Å². The third-order valence-electron chi connectivity index (χ3n) is 25.0. The average Bonchev–Trinajstić information content (AvgIpc) is 1.58. The molecule has 0 aliphatic heterocycles. The van der Waals surface area contributed by atoms with Gasteiger partial charge in [0.25, 0.3) is 0 Å². The van der Waals surface area contributed by atoms with E-state index in [4.69, 9.17) is 0 Å². The van der Waals surface area contributed by atoms with Crippen molar-refractivity contribution in [3.63, 3.8) is 0 Å². The van der Waals surface area contributed by atoms with Crippen LogP contribution in [0.2, 0.25) is 0 Å². The zero-order chi connectivity index (χ0) is 75.8. The first-order valence-electron chi connectivity index (χ1n) is 43.4. The molecule has 2 aliphatic carbocycles. The summed E-state index contributed by atoms with van der Waals surface area (Å²) in [6.45, 7) is 27.4. The maximum atomic E-state index is 2.61. The van der Waals surface area contributed by atoms with Crippen molar-refractivity contribution in [1.82, 2.24) is 0 Å². The Bertz CT molecular complexity index is 4270. The SMILES string of the molecule is CCCCCCCCC1(CCCCCCCC)c2cc(C)ccc2-c2ccc(-c3ccc(N(c4ccc(-c5ccc(N(c6ccc(C)cc6)c6ccc(C(C)CC)cc6)cc5)cc4)c4ccc(C(C)CC)cc4)cc3)cc21.CCCCCCCCC1(CCCCCCCC)c2cc(C)ccc2-c2ccc(C)cc21. The van der Waals surface area contributed by atoms with E-state index in [-0.39, 0.29) is 10.8 Å². The Balaban J connectivity index is 0.000000312. The Morgan fingerprint density at radius 2 is 0.454 bits per heavy atom. The van der Waals surface area contributed by atoms with Crippen LogP contribution in [0, 0.1) is 27.7 Å². The lowest BCUT2D eigenvalue weighted by Gasteiger charge is -2.33. The number of aryl methyl sites for hydroxylation is 4. The summed E-state index contributed by atoms with van der Waals surface area (Å²) in [5, 5.41) is 0. The van der Waals surface area contributed by atoms with Crippen LogP contribution in [-0.2, 0) is 10.8 Å². The quantitative estimate of drug-likeness (QED) is 0.0353. The van der Waals surface area contributed by atoms with Crippen molar-refractivity contribution in [2.75, 3.05) is 9.80 Å². The summed E-state index contributed by atoms with van der Waals surface area (Å²) in [6, 6.07) is 84.2. The number of rotatable bonds is 40. The van der Waals surface area contributed by atoms with Crippen LogP contribution >= 0.6 is 0 Å². The highest BCUT2D eigenvalue weighted by Crippen LogP contribution is 2.57. The molecule has 2 atom stereocenters. The molecule has 10 aromatic carbocycles. The number of anilines is 6. The fraction of sp³-hybridized carbons (Fsp3) is 0.434. The second-order valence-electron chi connectivity index (χ2n) is 33.1. The zero-order valence-corrected chi connectivity index (χ0v) is 69.0. The molecule has 0 aromatic heterocycles. The van der Waals surface area contributed by atoms with E-state index in [0.717, 1.165) is 47.0 Å². The van der Waals surface area contributed by atoms with Gasteiger partial charge in [-0.2, -0.15) is 0 Å². The van der Waals surface area contributed by atoms with Crippen molar-refractivity contribution in [2.24, 2.45) is 0 Å². The molecule has 0 saturated carbocycles. The number of nitrogens with zero attached hydrogens (tertiary/aromatic N) is 2. The summed E-state index contributed by atoms with van der Waals surface area (Å²) in [5.41, 5.74) is 32.8. The highest BCUT2D eigenvalue weighted by molar-refractivity contribution is 5.87. The van der Waals surface area contributed by atoms with Gasteiger partial charge in [-0.15, -0.1) is 0 Å². The third kappa shape index (κ3) is 19.7. The van der Waals surface area contributed by atoms with Gasteiger partial charge in [-0.25, -0.2) is 0 Å². The molecular formula is C106H134N2. The number of hydrogen-bond acceptors (Lipinski definition) is 2. The van der Waals surface area contributed by atoms with E-state index in [1.54, 1.807) is 22.3 Å². The molecule has 0 N–H and O–H groups in total. The smallest absolute Gasteiger partial charge is 0.0462 e. The predicted molar refractivity (Wildman–Crippen MR) is 474 cm³/mol. The number of unbranched alkanes of at least 4 members (excludes halogenated alkanes) is 20. The van der Waals surface area contributed by atoms with E-state index >= 15 is 0 Å². The van der Waals surface area contributed by atoms with Gasteiger partial charge >= 0.3 is 0 Å². The Morgan fingerprint density at radius 1 is 0.231 bits per heavy atom. The van der Waals surface area contributed by atoms with Crippen LogP contribution in [0.4, 0.5) is 34.1 Å². The average molecular weight is 1440 g/mol. The van der Waals surface area contributed by atoms with Gasteiger partial charge in [0.05, 0.1) is 0 Å². The van der Waals surface area contributed by atoms with Gasteiger partial charge in [0, 0.05) is 45.0 Å². The van der Waals surface area contributed by atoms with Crippen LogP contribution in [0.15, 0.2) is 218 Å². The van der Waals surface area contributed by atoms with Crippen LogP contribution < -0.4 is 9.80 Å². The first-order valence-corrected chi connectivity index (χ1v) is 43.4. The second kappa shape index (κ2) is 40.0. The van der Waals surface area contributed by atoms with Gasteiger partial charge in [0.15, 0.2) is 0 Å². The molecular weight excluding hydrogens is 1300 g/mol. The van der Waals surface area contributed by atoms with Crippen LogP contribution in [0.1, 0.15) is 315 Å². The van der Waals surface area contributed by atoms with Crippen LogP contribution in [-0.4, -0.2) is 0 Å². The number of benzene rings is 10. The molecule has 10 aromatic rings. The summed E-state index contributed by atoms with van der Waals surface area (Å²) < 4.78 is 0. The van der Waals surface area contributed by atoms with E-state index in [1.807, 2.05) is 0 Å². The molecule has 108 heavy (non-hydrogen) atoms. The minimum Gasteiger partial charge on any atom is -0.311 e. The lowest BCUT2D eigenvalue weighted by Crippen LogP contribution is -2.25. The molecule has 0 radical (unpaired) electrons. The van der Waals surface area contributed by atoms with Crippen molar-refractivity contribution < 1.29 is 0 Å². The van der Waals surface area contributed by atoms with E-state index in [0.29, 0.717) is 11.8 Å². The summed E-state index contributed by atoms with van der Waals surface area (Å²) >= 11 is 0. The Morgan fingerprint density at radius 3 is 0.741 bits per heavy atom. The zero-order valence-electron chi connectivity index (χ0n) is 69.0. The highest BCUT2D eigenvalue weighted by atomic mass is 15.1. The van der Waals surface area contributed by atoms with Gasteiger partial charge in [-0.05, 0) is 235 Å². The second-order valence-corrected chi connectivity index (χ2v) is 33.1. The van der Waals surface area contributed by atoms with Crippen LogP contribution in [0.5, 0.6) is 0 Å². The van der Waals surface area contributed by atoms with E-state index in [9.17, 15) is 0 Å². The van der Waals surface area contributed by atoms with E-state index < -0.39 is 0 Å². The molecule has 0 amide bonds. The number of hydrogen-bond donors (Lipinski definition) is 0. The fourth-order valence-electron chi connectivity index (χ4n) is 18.0. The molecule has 2 aliphatic rings. The third-order valence-corrected chi connectivity index (χ3v) is 25.0. The van der Waals surface area contributed by atoms with Crippen molar-refractivity contribution in [3.8, 4) is 44.5 Å². The Kier molecular flexibility index (Phi) is 29.9. The molecule has 2 heteroatoms. The standard InChI is InChI=1S/C75H88N2.C31H46/c1-9-13-15-17-19-21-51-75(52-22-20-18-16-14-10-2)73-53-56(6)25-49-71(73)72-50-36-64(54-74(72)75)63-34-47-70(48-35-63)77(67-41-28-60(29-42-67)58(8)12-4)69-45-32-62(33-46-69)61-30-43-68(44-31-61)76(65-37-23-55(5)24-38-65)66-39-26-59(27-40-66)57(7)11-3;1-5-7-9-11-13-15-21-31(22-16-14-12-10-8-6-2)29-23-25(3)17-19-27(29)28-20-18-26(4)24-30(28)31/h23-50,53-54,57-58H,9-22,51-52H2,1-8H3;17-20,23-24H,5-16,21-22H2,1-4H3. The van der Waals surface area contributed by atoms with Gasteiger partial charge < -0.3 is 9.80 Å². The maximum absolute atomic E-state index is 2.61. The van der Waals surface area contributed by atoms with Crippen molar-refractivity contribution in [2.45, 2.75) is 298 Å². The van der Waals surface area contributed by atoms with E-state index in [1.165, 1.54) is 258 Å². The lowest BCUT2D eigenvalue weighted by molar-refractivity contribution is 0.397. The first-order chi connectivity index (χ1) is 52.8. The fourth-order valence-corrected chi connectivity index (χ4v) is 18.0. The molecule has 2 nitrogen and oxygen atoms in total. The van der Waals surface area contributed by atoms with Crippen molar-refractivity contribution >= 4 is 34.1 Å². The van der Waals surface area contributed by atoms with Gasteiger partial charge in [-0.1, -0.05) is 371 Å². The predicted octanol–water partition coefficient (Wildman–Crippen LogP) is 33.4. The van der Waals surface area contributed by atoms with Crippen LogP contribution in [0.25, 0.3) is 44.5 Å². The van der Waals surface area contributed by atoms with E-state index in [2.05, 4.69) is 311 Å². The van der Waals surface area contributed by atoms with Gasteiger partial charge in [0.2, 0.25) is 0 Å². The molecule has 2 unspecified atom stereocenters. The monoisotopic (exact) mass is 1440 g/mol. The molecule has 0 fully saturated rings. The number of fused-ring (bicyclic) bond motifs is 6. The van der Waals surface area contributed by atoms with Gasteiger partial charge in [-0.3, -0.25) is 0 Å². The molecule has 0 spiro atoms. The minimum atomic E-state index is 0.0517. The highest BCUT2D eigenvalue weighted by Gasteiger charge is 2.44. The molecule has 568 valence electrons. The summed E-state index contributed by atoms with van der Waals surface area (Å²) in [6.07, 6.45) is 39.9. The molecule has 0 heterocycles. The maximum Gasteiger partial charge on any atom is 0.0462 e. The molecule has 0 saturated heterocycles. The van der Waals surface area contributed by atoms with Gasteiger partial charge in [0.1, 0.15) is 0 Å². The van der Waals surface area contributed by atoms with Crippen LogP contribution in [0.3, 0.4) is 0 Å². The summed E-state index contributed by atoms with van der Waals surface area (Å²) in [7, 11) is 0. The first kappa shape index (κ1) is 80.8. The largest absolute Gasteiger partial charge is 0.311 e. The minimum absolute atomic E-state index is 0.0517. The molecule has 0 bridgehead atoms. The topological polar surface area (TPSA) is 6.48 Å². The summed E-state index contributed by atoms with van der Waals surface area (Å²) in [4.78, 5) is 4.80. The normalized spacial score (nSPS) is 13.4.